The number of H-pyrrole nitrogens is 1. The van der Waals surface area contributed by atoms with Gasteiger partial charge in [-0.3, -0.25) is 0 Å². The lowest BCUT2D eigenvalue weighted by atomic mass is 10.4. The maximum absolute atomic E-state index is 5.95. The highest BCUT2D eigenvalue weighted by molar-refractivity contribution is 14.1. The second-order valence-corrected chi connectivity index (χ2v) is 3.56. The number of aromatic nitrogens is 3. The first-order chi connectivity index (χ1) is 5.29. The highest BCUT2D eigenvalue weighted by atomic mass is 127. The van der Waals surface area contributed by atoms with E-state index < -0.39 is 0 Å². The molecule has 2 heterocycles. The van der Waals surface area contributed by atoms with E-state index in [4.69, 9.17) is 11.6 Å². The molecule has 0 aliphatic heterocycles. The van der Waals surface area contributed by atoms with Crippen molar-refractivity contribution >= 4 is 45.4 Å². The summed E-state index contributed by atoms with van der Waals surface area (Å²) in [5.74, 6) is 0. The summed E-state index contributed by atoms with van der Waals surface area (Å²) in [6.07, 6.45) is 3.28. The Balaban J connectivity index is 2.93. The standard InChI is InChI=1S/C6H3ClIN3/c7-4-3(8)1-9-6-5(4)10-2-11-6/h1-2H,(H,9,10,11). The Morgan fingerprint density at radius 3 is 3.09 bits per heavy atom. The SMILES string of the molecule is Clc1c(I)cnc2nc[nH]c12. The minimum absolute atomic E-state index is 0.662. The fourth-order valence-corrected chi connectivity index (χ4v) is 1.44. The molecule has 3 nitrogen and oxygen atoms in total. The summed E-state index contributed by atoms with van der Waals surface area (Å²) in [6.45, 7) is 0. The number of hydrogen-bond donors (Lipinski definition) is 1. The molecule has 0 spiro atoms. The highest BCUT2D eigenvalue weighted by Crippen LogP contribution is 2.23. The van der Waals surface area contributed by atoms with Gasteiger partial charge in [-0.15, -0.1) is 0 Å². The van der Waals surface area contributed by atoms with E-state index in [2.05, 4.69) is 37.5 Å². The summed E-state index contributed by atoms with van der Waals surface area (Å²) < 4.78 is 0.931. The number of aromatic amines is 1. The molecule has 0 aliphatic carbocycles. The van der Waals surface area contributed by atoms with Gasteiger partial charge in [-0.1, -0.05) is 11.6 Å². The van der Waals surface area contributed by atoms with Gasteiger partial charge in [0, 0.05) is 6.20 Å². The molecule has 2 aromatic rings. The van der Waals surface area contributed by atoms with Gasteiger partial charge in [-0.2, -0.15) is 0 Å². The molecule has 0 unspecified atom stereocenters. The Hall–Kier alpha value is -0.360. The van der Waals surface area contributed by atoms with Crippen molar-refractivity contribution in [2.45, 2.75) is 0 Å². The molecule has 0 atom stereocenters. The zero-order valence-electron chi connectivity index (χ0n) is 5.31. The number of halogens is 2. The van der Waals surface area contributed by atoms with Crippen molar-refractivity contribution in [2.75, 3.05) is 0 Å². The normalized spacial score (nSPS) is 10.7. The molecule has 0 saturated carbocycles. The molecular weight excluding hydrogens is 276 g/mol. The molecule has 0 amide bonds. The van der Waals surface area contributed by atoms with Crippen LogP contribution < -0.4 is 0 Å². The van der Waals surface area contributed by atoms with E-state index in [0.29, 0.717) is 10.7 Å². The summed E-state index contributed by atoms with van der Waals surface area (Å²) in [5.41, 5.74) is 1.47. The monoisotopic (exact) mass is 279 g/mol. The molecule has 0 aromatic carbocycles. The molecule has 56 valence electrons. The van der Waals surface area contributed by atoms with Crippen LogP contribution in [-0.4, -0.2) is 15.0 Å². The van der Waals surface area contributed by atoms with Crippen molar-refractivity contribution in [1.29, 1.82) is 0 Å². The van der Waals surface area contributed by atoms with Crippen LogP contribution in [0.1, 0.15) is 0 Å². The maximum Gasteiger partial charge on any atom is 0.178 e. The van der Waals surface area contributed by atoms with Gasteiger partial charge < -0.3 is 4.98 Å². The van der Waals surface area contributed by atoms with Crippen molar-refractivity contribution in [3.8, 4) is 0 Å². The van der Waals surface area contributed by atoms with E-state index in [0.717, 1.165) is 9.09 Å². The van der Waals surface area contributed by atoms with Gasteiger partial charge in [-0.05, 0) is 22.6 Å². The second kappa shape index (κ2) is 2.60. The smallest absolute Gasteiger partial charge is 0.178 e. The Morgan fingerprint density at radius 2 is 2.27 bits per heavy atom. The minimum Gasteiger partial charge on any atom is -0.342 e. The van der Waals surface area contributed by atoms with Crippen molar-refractivity contribution in [3.05, 3.63) is 21.1 Å². The number of nitrogens with one attached hydrogen (secondary N) is 1. The predicted octanol–water partition coefficient (Wildman–Crippen LogP) is 2.22. The highest BCUT2D eigenvalue weighted by Gasteiger charge is 2.04. The molecule has 0 fully saturated rings. The molecular formula is C6H3ClIN3. The topological polar surface area (TPSA) is 41.6 Å². The fourth-order valence-electron chi connectivity index (χ4n) is 0.840. The van der Waals surface area contributed by atoms with Crippen LogP contribution in [0.3, 0.4) is 0 Å². The van der Waals surface area contributed by atoms with Gasteiger partial charge in [0.2, 0.25) is 0 Å². The summed E-state index contributed by atoms with van der Waals surface area (Å²) in [6, 6.07) is 0. The molecule has 0 radical (unpaired) electrons. The van der Waals surface area contributed by atoms with Crippen molar-refractivity contribution < 1.29 is 0 Å². The van der Waals surface area contributed by atoms with Gasteiger partial charge in [0.25, 0.3) is 0 Å². The molecule has 11 heavy (non-hydrogen) atoms. The Kier molecular flexibility index (Phi) is 1.72. The average Bonchev–Trinajstić information content (AvgIpc) is 2.45. The number of imidazole rings is 1. The predicted molar refractivity (Wildman–Crippen MR) is 51.6 cm³/mol. The van der Waals surface area contributed by atoms with E-state index >= 15 is 0 Å². The molecule has 5 heteroatoms. The third kappa shape index (κ3) is 1.10. The molecule has 1 N–H and O–H groups in total. The number of fused-ring (bicyclic) bond motifs is 1. The quantitative estimate of drug-likeness (QED) is 0.751. The largest absolute Gasteiger partial charge is 0.342 e. The van der Waals surface area contributed by atoms with Crippen LogP contribution in [-0.2, 0) is 0 Å². The zero-order valence-corrected chi connectivity index (χ0v) is 8.22. The van der Waals surface area contributed by atoms with Crippen molar-refractivity contribution in [1.82, 2.24) is 15.0 Å². The van der Waals surface area contributed by atoms with Gasteiger partial charge in [0.05, 0.1) is 14.9 Å². The first kappa shape index (κ1) is 7.30. The van der Waals surface area contributed by atoms with Crippen LogP contribution >= 0.6 is 34.2 Å². The van der Waals surface area contributed by atoms with Gasteiger partial charge >= 0.3 is 0 Å². The van der Waals surface area contributed by atoms with Crippen LogP contribution in [0.15, 0.2) is 12.5 Å². The number of pyridine rings is 1. The lowest BCUT2D eigenvalue weighted by molar-refractivity contribution is 1.30. The minimum atomic E-state index is 0.662. The number of rotatable bonds is 0. The van der Waals surface area contributed by atoms with Crippen molar-refractivity contribution in [3.63, 3.8) is 0 Å². The summed E-state index contributed by atoms with van der Waals surface area (Å²) in [7, 11) is 0. The van der Waals surface area contributed by atoms with E-state index in [1.54, 1.807) is 12.5 Å². The Labute approximate surface area is 81.3 Å². The first-order valence-electron chi connectivity index (χ1n) is 2.92. The van der Waals surface area contributed by atoms with E-state index in [1.807, 2.05) is 0 Å². The van der Waals surface area contributed by atoms with Gasteiger partial charge in [0.1, 0.15) is 5.52 Å². The van der Waals surface area contributed by atoms with Crippen LogP contribution in [0.2, 0.25) is 5.02 Å². The molecule has 0 bridgehead atoms. The van der Waals surface area contributed by atoms with Crippen LogP contribution in [0.5, 0.6) is 0 Å². The third-order valence-corrected chi connectivity index (χ3v) is 2.88. The third-order valence-electron chi connectivity index (χ3n) is 1.35. The number of nitrogens with zero attached hydrogens (tertiary/aromatic N) is 2. The molecule has 0 aliphatic rings. The summed E-state index contributed by atoms with van der Waals surface area (Å²) >= 11 is 8.08. The van der Waals surface area contributed by atoms with E-state index in [1.165, 1.54) is 0 Å². The lowest BCUT2D eigenvalue weighted by Gasteiger charge is -1.93. The van der Waals surface area contributed by atoms with Gasteiger partial charge in [0.15, 0.2) is 5.65 Å². The van der Waals surface area contributed by atoms with Gasteiger partial charge in [-0.25, -0.2) is 9.97 Å². The zero-order chi connectivity index (χ0) is 7.84. The Morgan fingerprint density at radius 1 is 1.45 bits per heavy atom. The fraction of sp³-hybridized carbons (Fsp3) is 0. The van der Waals surface area contributed by atoms with E-state index in [-0.39, 0.29) is 0 Å². The lowest BCUT2D eigenvalue weighted by Crippen LogP contribution is -1.81. The first-order valence-corrected chi connectivity index (χ1v) is 4.38. The summed E-state index contributed by atoms with van der Waals surface area (Å²) in [5, 5.41) is 0.688. The summed E-state index contributed by atoms with van der Waals surface area (Å²) in [4.78, 5) is 11.0. The molecule has 0 saturated heterocycles. The van der Waals surface area contributed by atoms with Crippen LogP contribution in [0.25, 0.3) is 11.2 Å². The average molecular weight is 279 g/mol. The Bertz CT molecular complexity index is 398. The molecule has 2 aromatic heterocycles. The van der Waals surface area contributed by atoms with Crippen LogP contribution in [0, 0.1) is 3.57 Å². The maximum atomic E-state index is 5.95. The number of hydrogen-bond acceptors (Lipinski definition) is 2. The van der Waals surface area contributed by atoms with Crippen LogP contribution in [0.4, 0.5) is 0 Å². The molecule has 2 rings (SSSR count). The van der Waals surface area contributed by atoms with E-state index in [9.17, 15) is 0 Å². The second-order valence-electron chi connectivity index (χ2n) is 2.02. The van der Waals surface area contributed by atoms with Crippen molar-refractivity contribution in [2.24, 2.45) is 0 Å².